The number of carbonyl (C=O) groups excluding carboxylic acids is 3. The third-order valence-electron chi connectivity index (χ3n) is 19.5. The van der Waals surface area contributed by atoms with E-state index in [4.69, 9.17) is 19.0 Å². The van der Waals surface area contributed by atoms with Gasteiger partial charge in [-0.15, -0.1) is 0 Å². The number of carbonyl (C=O) groups is 3. The van der Waals surface area contributed by atoms with E-state index in [1.807, 2.05) is 67.6 Å². The van der Waals surface area contributed by atoms with Crippen molar-refractivity contribution in [3.8, 4) is 11.4 Å². The van der Waals surface area contributed by atoms with E-state index < -0.39 is 0 Å². The summed E-state index contributed by atoms with van der Waals surface area (Å²) in [5.41, 5.74) is 2.16. The van der Waals surface area contributed by atoms with Gasteiger partial charge in [-0.1, -0.05) is 107 Å². The molecule has 9 nitrogen and oxygen atoms in total. The standard InChI is InChI=1S/C52H67N3O6/c1-32-36(46(56)59-31-34-14-8-6-9-15-34)30-37(32)47(57)60-42-23-25-49(3)38(33(42)2)22-26-51(5)43(49)21-20-39-40-18-12-24-52(40,28-27-50(39,51)4)48(58)55-29-13-19-41(55)45-53-44(54-61-45)35-16-10-7-11-17-35/h6-11,14-17,32-33,36-43H,12-13,18-31H2,1-5H3/t32-,33?,36?,37?,38?,39-,40?,41-,42+,43?,49+,50-,51-,52+/m1/s1. The minimum Gasteiger partial charge on any atom is -0.462 e. The van der Waals surface area contributed by atoms with Crippen LogP contribution in [0.2, 0.25) is 0 Å². The number of nitrogens with zero attached hydrogens (tertiary/aromatic N) is 3. The van der Waals surface area contributed by atoms with Gasteiger partial charge in [-0.05, 0) is 141 Å². The van der Waals surface area contributed by atoms with Crippen LogP contribution in [-0.2, 0) is 30.5 Å². The lowest BCUT2D eigenvalue weighted by Gasteiger charge is -2.71. The molecule has 1 aromatic heterocycles. The molecule has 7 fully saturated rings. The minimum atomic E-state index is -0.295. The van der Waals surface area contributed by atoms with Crippen LogP contribution in [-0.4, -0.2) is 45.5 Å². The third kappa shape index (κ3) is 6.38. The van der Waals surface area contributed by atoms with E-state index in [0.29, 0.717) is 53.6 Å². The second-order valence-corrected chi connectivity index (χ2v) is 21.6. The Hall–Kier alpha value is -4.01. The highest BCUT2D eigenvalue weighted by molar-refractivity contribution is 5.84. The molecule has 1 saturated heterocycles. The molecule has 1 amide bonds. The van der Waals surface area contributed by atoms with E-state index in [9.17, 15) is 9.59 Å². The summed E-state index contributed by atoms with van der Waals surface area (Å²) in [6.45, 7) is 13.3. The van der Waals surface area contributed by atoms with Gasteiger partial charge < -0.3 is 18.9 Å². The van der Waals surface area contributed by atoms with Crippen molar-refractivity contribution in [2.45, 2.75) is 143 Å². The maximum absolute atomic E-state index is 15.2. The second-order valence-electron chi connectivity index (χ2n) is 21.6. The number of ether oxygens (including phenoxy) is 2. The van der Waals surface area contributed by atoms with Gasteiger partial charge in [0.25, 0.3) is 0 Å². The summed E-state index contributed by atoms with van der Waals surface area (Å²) in [5, 5.41) is 4.34. The fourth-order valence-corrected chi connectivity index (χ4v) is 15.8. The molecule has 61 heavy (non-hydrogen) atoms. The van der Waals surface area contributed by atoms with E-state index in [1.54, 1.807) is 0 Å². The third-order valence-corrected chi connectivity index (χ3v) is 19.5. The number of rotatable bonds is 8. The molecule has 1 aliphatic heterocycles. The molecule has 7 aliphatic rings. The topological polar surface area (TPSA) is 112 Å². The van der Waals surface area contributed by atoms with Crippen molar-refractivity contribution in [1.29, 1.82) is 0 Å². The van der Waals surface area contributed by atoms with Gasteiger partial charge >= 0.3 is 11.9 Å². The molecular weight excluding hydrogens is 763 g/mol. The summed E-state index contributed by atoms with van der Waals surface area (Å²) in [4.78, 5) is 48.8. The number of esters is 2. The predicted molar refractivity (Wildman–Crippen MR) is 231 cm³/mol. The molecule has 14 atom stereocenters. The average molecular weight is 830 g/mol. The van der Waals surface area contributed by atoms with Gasteiger partial charge in [-0.25, -0.2) is 0 Å². The first-order valence-corrected chi connectivity index (χ1v) is 24.0. The molecule has 326 valence electrons. The highest BCUT2D eigenvalue weighted by atomic mass is 16.5. The molecule has 3 aromatic rings. The van der Waals surface area contributed by atoms with Gasteiger partial charge in [0.1, 0.15) is 18.8 Å². The van der Waals surface area contributed by atoms with Crippen molar-refractivity contribution in [1.82, 2.24) is 15.0 Å². The van der Waals surface area contributed by atoms with Crippen molar-refractivity contribution in [3.63, 3.8) is 0 Å². The number of likely N-dealkylation sites (tertiary alicyclic amines) is 1. The summed E-state index contributed by atoms with van der Waals surface area (Å²) < 4.78 is 18.0. The Morgan fingerprint density at radius 2 is 1.49 bits per heavy atom. The molecule has 0 spiro atoms. The Bertz CT molecular complexity index is 2120. The zero-order valence-electron chi connectivity index (χ0n) is 37.2. The molecule has 10 rings (SSSR count). The summed E-state index contributed by atoms with van der Waals surface area (Å²) in [7, 11) is 0. The Labute approximate surface area is 362 Å². The van der Waals surface area contributed by atoms with Gasteiger partial charge in [0.05, 0.1) is 17.3 Å². The summed E-state index contributed by atoms with van der Waals surface area (Å²) >= 11 is 0. The fourth-order valence-electron chi connectivity index (χ4n) is 15.8. The number of hydrogen-bond acceptors (Lipinski definition) is 8. The lowest BCUT2D eigenvalue weighted by Crippen LogP contribution is -2.66. The van der Waals surface area contributed by atoms with E-state index in [0.717, 1.165) is 81.9 Å². The Morgan fingerprint density at radius 1 is 0.738 bits per heavy atom. The number of aromatic nitrogens is 2. The minimum absolute atomic E-state index is 0.0779. The van der Waals surface area contributed by atoms with Gasteiger partial charge in [0, 0.05) is 12.1 Å². The van der Waals surface area contributed by atoms with Gasteiger partial charge in [-0.3, -0.25) is 14.4 Å². The monoisotopic (exact) mass is 830 g/mol. The quantitative estimate of drug-likeness (QED) is 0.206. The molecule has 6 aliphatic carbocycles. The molecular formula is C52H67N3O6. The maximum Gasteiger partial charge on any atom is 0.309 e. The number of amides is 1. The second kappa shape index (κ2) is 15.4. The van der Waals surface area contributed by atoms with Crippen LogP contribution in [0.25, 0.3) is 11.4 Å². The van der Waals surface area contributed by atoms with Crippen molar-refractivity contribution >= 4 is 17.8 Å². The summed E-state index contributed by atoms with van der Waals surface area (Å²) in [5.74, 6) is 2.98. The zero-order chi connectivity index (χ0) is 42.3. The molecule has 6 saturated carbocycles. The van der Waals surface area contributed by atoms with E-state index in [1.165, 1.54) is 19.3 Å². The smallest absolute Gasteiger partial charge is 0.309 e. The fraction of sp³-hybridized carbons (Fsp3) is 0.673. The maximum atomic E-state index is 15.2. The Morgan fingerprint density at radius 3 is 2.26 bits per heavy atom. The lowest BCUT2D eigenvalue weighted by molar-refractivity contribution is -0.236. The first-order chi connectivity index (χ1) is 29.4. The first-order valence-electron chi connectivity index (χ1n) is 24.0. The largest absolute Gasteiger partial charge is 0.462 e. The first kappa shape index (κ1) is 41.0. The molecule has 9 heteroatoms. The summed E-state index contributed by atoms with van der Waals surface area (Å²) in [6, 6.07) is 19.6. The van der Waals surface area contributed by atoms with Gasteiger partial charge in [0.15, 0.2) is 0 Å². The van der Waals surface area contributed by atoms with E-state index in [2.05, 4.69) is 37.8 Å². The summed E-state index contributed by atoms with van der Waals surface area (Å²) in [6.07, 6.45) is 14.4. The van der Waals surface area contributed by atoms with Crippen LogP contribution in [0.3, 0.4) is 0 Å². The van der Waals surface area contributed by atoms with Gasteiger partial charge in [0.2, 0.25) is 17.6 Å². The van der Waals surface area contributed by atoms with E-state index in [-0.39, 0.29) is 70.1 Å². The predicted octanol–water partition coefficient (Wildman–Crippen LogP) is 10.8. The Kier molecular flexibility index (Phi) is 10.3. The molecule has 0 radical (unpaired) electrons. The normalized spacial score (nSPS) is 41.4. The van der Waals surface area contributed by atoms with Crippen LogP contribution < -0.4 is 0 Å². The van der Waals surface area contributed by atoms with Crippen LogP contribution in [0.5, 0.6) is 0 Å². The van der Waals surface area contributed by atoms with Crippen molar-refractivity contribution in [3.05, 3.63) is 72.1 Å². The lowest BCUT2D eigenvalue weighted by atomic mass is 9.33. The molecule has 0 bridgehead atoms. The molecule has 2 aromatic carbocycles. The highest BCUT2D eigenvalue weighted by Gasteiger charge is 2.70. The van der Waals surface area contributed by atoms with Crippen LogP contribution in [0, 0.1) is 69.0 Å². The van der Waals surface area contributed by atoms with Crippen molar-refractivity contribution in [2.75, 3.05) is 6.54 Å². The number of benzene rings is 2. The van der Waals surface area contributed by atoms with Crippen molar-refractivity contribution in [2.24, 2.45) is 69.0 Å². The van der Waals surface area contributed by atoms with Crippen molar-refractivity contribution < 1.29 is 28.4 Å². The molecule has 6 unspecified atom stereocenters. The zero-order valence-corrected chi connectivity index (χ0v) is 37.2. The van der Waals surface area contributed by atoms with Crippen LogP contribution >= 0.6 is 0 Å². The van der Waals surface area contributed by atoms with Crippen LogP contribution in [0.4, 0.5) is 0 Å². The highest BCUT2D eigenvalue weighted by Crippen LogP contribution is 2.76. The number of hydrogen-bond donors (Lipinski definition) is 0. The number of fused-ring (bicyclic) bond motifs is 7. The van der Waals surface area contributed by atoms with E-state index >= 15 is 4.79 Å². The SMILES string of the molecule is CC1C2CC[C@]3(C)C(CC[C@@H]4C5CCC[C@]5(C(=O)N5CCC[C@@H]5c5nc(-c6ccccc6)no5)CC[C@]43C)[C@@]2(C)CC[C@@H]1OC(=O)C1CC(C(=O)OCc2ccccc2)[C@H]1C. The van der Waals surface area contributed by atoms with Gasteiger partial charge in [-0.2, -0.15) is 4.98 Å². The van der Waals surface area contributed by atoms with Crippen LogP contribution in [0.1, 0.15) is 142 Å². The van der Waals surface area contributed by atoms with Crippen LogP contribution in [0.15, 0.2) is 65.2 Å². The Balaban J connectivity index is 0.798. The molecule has 0 N–H and O–H groups in total. The average Bonchev–Trinajstić information content (AvgIpc) is 4.05. The molecule has 2 heterocycles.